The molecule has 0 atom stereocenters. The molecule has 0 aliphatic heterocycles. The zero-order chi connectivity index (χ0) is 16.2. The van der Waals surface area contributed by atoms with Gasteiger partial charge in [0, 0.05) is 28.6 Å². The second-order valence-corrected chi connectivity index (χ2v) is 6.21. The van der Waals surface area contributed by atoms with E-state index in [4.69, 9.17) is 0 Å². The molecule has 0 saturated carbocycles. The van der Waals surface area contributed by atoms with E-state index in [9.17, 15) is 4.79 Å². The largest absolute Gasteiger partial charge is 0.346 e. The molecule has 0 unspecified atom stereocenters. The Balaban J connectivity index is 1.72. The Bertz CT molecular complexity index is 830. The van der Waals surface area contributed by atoms with Crippen LogP contribution in [-0.4, -0.2) is 20.7 Å². The SMILES string of the molecule is Cn1nc(CNC(=O)c2ccccc2I)cc1-c1ccncc1. The molecule has 1 N–H and O–H groups in total. The normalized spacial score (nSPS) is 10.5. The molecule has 3 aromatic rings. The van der Waals surface area contributed by atoms with Gasteiger partial charge in [-0.25, -0.2) is 0 Å². The van der Waals surface area contributed by atoms with Crippen LogP contribution in [0.25, 0.3) is 11.3 Å². The van der Waals surface area contributed by atoms with Crippen molar-refractivity contribution in [2.24, 2.45) is 7.05 Å². The van der Waals surface area contributed by atoms with Crippen LogP contribution in [0.1, 0.15) is 16.1 Å². The van der Waals surface area contributed by atoms with E-state index in [-0.39, 0.29) is 5.91 Å². The summed E-state index contributed by atoms with van der Waals surface area (Å²) in [6.45, 7) is 0.392. The number of hydrogen-bond donors (Lipinski definition) is 1. The summed E-state index contributed by atoms with van der Waals surface area (Å²) in [6.07, 6.45) is 3.50. The third kappa shape index (κ3) is 3.58. The fourth-order valence-electron chi connectivity index (χ4n) is 2.32. The molecule has 2 aromatic heterocycles. The molecule has 0 saturated heterocycles. The molecule has 6 heteroatoms. The lowest BCUT2D eigenvalue weighted by Gasteiger charge is -2.04. The van der Waals surface area contributed by atoms with Crippen LogP contribution in [0.3, 0.4) is 0 Å². The predicted molar refractivity (Wildman–Crippen MR) is 96.8 cm³/mol. The van der Waals surface area contributed by atoms with Crippen LogP contribution in [0.15, 0.2) is 54.9 Å². The first-order chi connectivity index (χ1) is 11.1. The highest BCUT2D eigenvalue weighted by Gasteiger charge is 2.11. The van der Waals surface area contributed by atoms with Crippen molar-refractivity contribution in [2.75, 3.05) is 0 Å². The fourth-order valence-corrected chi connectivity index (χ4v) is 2.95. The number of benzene rings is 1. The van der Waals surface area contributed by atoms with E-state index in [0.29, 0.717) is 12.1 Å². The van der Waals surface area contributed by atoms with Gasteiger partial charge in [0.05, 0.1) is 23.5 Å². The Morgan fingerprint density at radius 2 is 1.96 bits per heavy atom. The highest BCUT2D eigenvalue weighted by atomic mass is 127. The van der Waals surface area contributed by atoms with E-state index < -0.39 is 0 Å². The Morgan fingerprint density at radius 3 is 2.70 bits per heavy atom. The van der Waals surface area contributed by atoms with Crippen molar-refractivity contribution < 1.29 is 4.79 Å². The molecule has 0 spiro atoms. The Kier molecular flexibility index (Phi) is 4.71. The summed E-state index contributed by atoms with van der Waals surface area (Å²) in [4.78, 5) is 16.3. The lowest BCUT2D eigenvalue weighted by Crippen LogP contribution is -2.23. The van der Waals surface area contributed by atoms with Crippen LogP contribution < -0.4 is 5.32 Å². The summed E-state index contributed by atoms with van der Waals surface area (Å²) in [7, 11) is 1.89. The molecule has 0 radical (unpaired) electrons. The number of carbonyl (C=O) groups excluding carboxylic acids is 1. The molecule has 0 bridgehead atoms. The van der Waals surface area contributed by atoms with E-state index in [1.54, 1.807) is 12.4 Å². The number of hydrogen-bond acceptors (Lipinski definition) is 3. The molecule has 23 heavy (non-hydrogen) atoms. The minimum atomic E-state index is -0.0916. The third-order valence-corrected chi connectivity index (χ3v) is 4.40. The number of carbonyl (C=O) groups is 1. The van der Waals surface area contributed by atoms with Crippen molar-refractivity contribution in [3.8, 4) is 11.3 Å². The van der Waals surface area contributed by atoms with Crippen LogP contribution in [0.5, 0.6) is 0 Å². The summed E-state index contributed by atoms with van der Waals surface area (Å²) in [6, 6.07) is 13.4. The van der Waals surface area contributed by atoms with E-state index in [0.717, 1.165) is 20.5 Å². The second kappa shape index (κ2) is 6.91. The highest BCUT2D eigenvalue weighted by molar-refractivity contribution is 14.1. The molecule has 0 aliphatic carbocycles. The van der Waals surface area contributed by atoms with Gasteiger partial charge < -0.3 is 5.32 Å². The van der Waals surface area contributed by atoms with E-state index in [1.165, 1.54) is 0 Å². The summed E-state index contributed by atoms with van der Waals surface area (Å²) < 4.78 is 2.74. The zero-order valence-corrected chi connectivity index (χ0v) is 14.7. The molecule has 0 fully saturated rings. The summed E-state index contributed by atoms with van der Waals surface area (Å²) >= 11 is 2.16. The predicted octanol–water partition coefficient (Wildman–Crippen LogP) is 3.02. The minimum absolute atomic E-state index is 0.0916. The van der Waals surface area contributed by atoms with Gasteiger partial charge in [-0.3, -0.25) is 14.5 Å². The number of pyridine rings is 1. The highest BCUT2D eigenvalue weighted by Crippen LogP contribution is 2.19. The van der Waals surface area contributed by atoms with Crippen molar-refractivity contribution in [2.45, 2.75) is 6.54 Å². The van der Waals surface area contributed by atoms with Gasteiger partial charge in [0.2, 0.25) is 0 Å². The Labute approximate surface area is 147 Å². The standard InChI is InChI=1S/C17H15IN4O/c1-22-16(12-6-8-19-9-7-12)10-13(21-22)11-20-17(23)14-4-2-3-5-15(14)18/h2-10H,11H2,1H3,(H,20,23). The van der Waals surface area contributed by atoms with Gasteiger partial charge >= 0.3 is 0 Å². The quantitative estimate of drug-likeness (QED) is 0.663. The van der Waals surface area contributed by atoms with Crippen LogP contribution >= 0.6 is 22.6 Å². The van der Waals surface area contributed by atoms with Crippen molar-refractivity contribution in [3.05, 3.63) is 69.7 Å². The topological polar surface area (TPSA) is 59.8 Å². The van der Waals surface area contributed by atoms with Gasteiger partial charge in [0.1, 0.15) is 0 Å². The maximum atomic E-state index is 12.2. The maximum Gasteiger partial charge on any atom is 0.252 e. The molecule has 0 aliphatic rings. The molecule has 3 rings (SSSR count). The number of nitrogens with one attached hydrogen (secondary N) is 1. The molecular weight excluding hydrogens is 403 g/mol. The van der Waals surface area contributed by atoms with Gasteiger partial charge in [0.15, 0.2) is 0 Å². The van der Waals surface area contributed by atoms with Gasteiger partial charge in [-0.05, 0) is 52.9 Å². The number of rotatable bonds is 4. The van der Waals surface area contributed by atoms with Gasteiger partial charge in [-0.15, -0.1) is 0 Å². The van der Waals surface area contributed by atoms with E-state index >= 15 is 0 Å². The first kappa shape index (κ1) is 15.7. The Morgan fingerprint density at radius 1 is 1.22 bits per heavy atom. The van der Waals surface area contributed by atoms with E-state index in [2.05, 4.69) is 38.0 Å². The number of aryl methyl sites for hydroxylation is 1. The molecular formula is C17H15IN4O. The van der Waals surface area contributed by atoms with Crippen LogP contribution in [0.4, 0.5) is 0 Å². The monoisotopic (exact) mass is 418 g/mol. The second-order valence-electron chi connectivity index (χ2n) is 5.04. The maximum absolute atomic E-state index is 12.2. The van der Waals surface area contributed by atoms with Crippen molar-refractivity contribution in [3.63, 3.8) is 0 Å². The summed E-state index contributed by atoms with van der Waals surface area (Å²) in [5.41, 5.74) is 3.54. The summed E-state index contributed by atoms with van der Waals surface area (Å²) in [5, 5.41) is 7.37. The van der Waals surface area contributed by atoms with Crippen LogP contribution in [0.2, 0.25) is 0 Å². The number of nitrogens with zero attached hydrogens (tertiary/aromatic N) is 3. The van der Waals surface area contributed by atoms with E-state index in [1.807, 2.05) is 54.2 Å². The zero-order valence-electron chi connectivity index (χ0n) is 12.5. The van der Waals surface area contributed by atoms with Gasteiger partial charge in [-0.1, -0.05) is 12.1 Å². The molecule has 5 nitrogen and oxygen atoms in total. The van der Waals surface area contributed by atoms with Gasteiger partial charge in [-0.2, -0.15) is 5.10 Å². The molecule has 116 valence electrons. The van der Waals surface area contributed by atoms with Crippen LogP contribution in [0, 0.1) is 3.57 Å². The molecule has 2 heterocycles. The lowest BCUT2D eigenvalue weighted by atomic mass is 10.2. The van der Waals surface area contributed by atoms with Crippen LogP contribution in [-0.2, 0) is 13.6 Å². The van der Waals surface area contributed by atoms with Crippen molar-refractivity contribution in [1.82, 2.24) is 20.1 Å². The minimum Gasteiger partial charge on any atom is -0.346 e. The smallest absolute Gasteiger partial charge is 0.252 e. The first-order valence-corrected chi connectivity index (χ1v) is 8.19. The Hall–Kier alpha value is -2.22. The number of aromatic nitrogens is 3. The number of halogens is 1. The van der Waals surface area contributed by atoms with Crippen molar-refractivity contribution in [1.29, 1.82) is 0 Å². The number of amides is 1. The first-order valence-electron chi connectivity index (χ1n) is 7.11. The fraction of sp³-hybridized carbons (Fsp3) is 0.118. The van der Waals surface area contributed by atoms with Crippen molar-refractivity contribution >= 4 is 28.5 Å². The lowest BCUT2D eigenvalue weighted by molar-refractivity contribution is 0.0949. The van der Waals surface area contributed by atoms with Gasteiger partial charge in [0.25, 0.3) is 5.91 Å². The summed E-state index contributed by atoms with van der Waals surface area (Å²) in [5.74, 6) is -0.0916. The third-order valence-electron chi connectivity index (χ3n) is 3.46. The molecule has 1 amide bonds. The average Bonchev–Trinajstić information content (AvgIpc) is 2.95. The molecule has 1 aromatic carbocycles. The average molecular weight is 418 g/mol.